The number of fused-ring (bicyclic) bond motifs is 1. The summed E-state index contributed by atoms with van der Waals surface area (Å²) in [7, 11) is 0. The second-order valence-electron chi connectivity index (χ2n) is 4.42. The van der Waals surface area contributed by atoms with Gasteiger partial charge in [0.25, 0.3) is 0 Å². The zero-order valence-electron chi connectivity index (χ0n) is 10.1. The Hall–Kier alpha value is -1.23. The lowest BCUT2D eigenvalue weighted by Crippen LogP contribution is -1.99. The van der Waals surface area contributed by atoms with Gasteiger partial charge in [0.1, 0.15) is 0 Å². The molecule has 0 saturated heterocycles. The van der Waals surface area contributed by atoms with Crippen LogP contribution in [0.4, 0.5) is 0 Å². The first kappa shape index (κ1) is 13.7. The normalized spacial score (nSPS) is 12.8. The van der Waals surface area contributed by atoms with Crippen LogP contribution >= 0.6 is 39.1 Å². The molecule has 1 aromatic heterocycles. The molecule has 2 aromatic carbocycles. The Labute approximate surface area is 133 Å². The predicted octanol–water partition coefficient (Wildman–Crippen LogP) is 4.60. The SMILES string of the molecule is O=c1[nH]c2ccc(C(Cl)c3ccc(Br)c(Cl)c3)cc2[nH]1. The van der Waals surface area contributed by atoms with Crippen molar-refractivity contribution in [2.45, 2.75) is 5.38 Å². The van der Waals surface area contributed by atoms with E-state index in [1.54, 1.807) is 0 Å². The number of hydrogen-bond donors (Lipinski definition) is 2. The molecule has 1 unspecified atom stereocenters. The van der Waals surface area contributed by atoms with Gasteiger partial charge in [0, 0.05) is 4.47 Å². The molecule has 102 valence electrons. The van der Waals surface area contributed by atoms with Crippen LogP contribution in [0.2, 0.25) is 5.02 Å². The van der Waals surface area contributed by atoms with Crippen molar-refractivity contribution in [1.29, 1.82) is 0 Å². The number of imidazole rings is 1. The molecule has 1 atom stereocenters. The lowest BCUT2D eigenvalue weighted by molar-refractivity contribution is 1.14. The van der Waals surface area contributed by atoms with Gasteiger partial charge >= 0.3 is 5.69 Å². The highest BCUT2D eigenvalue weighted by Crippen LogP contribution is 2.33. The summed E-state index contributed by atoms with van der Waals surface area (Å²) in [6.45, 7) is 0. The summed E-state index contributed by atoms with van der Waals surface area (Å²) in [6.07, 6.45) is 0. The van der Waals surface area contributed by atoms with Gasteiger partial charge in [-0.15, -0.1) is 11.6 Å². The van der Waals surface area contributed by atoms with Crippen molar-refractivity contribution in [3.8, 4) is 0 Å². The van der Waals surface area contributed by atoms with Crippen molar-refractivity contribution in [2.24, 2.45) is 0 Å². The average molecular weight is 372 g/mol. The van der Waals surface area contributed by atoms with Crippen molar-refractivity contribution < 1.29 is 0 Å². The van der Waals surface area contributed by atoms with E-state index in [0.717, 1.165) is 26.6 Å². The number of aromatic nitrogens is 2. The molecule has 3 aromatic rings. The number of nitrogens with one attached hydrogen (secondary N) is 2. The van der Waals surface area contributed by atoms with Gasteiger partial charge in [-0.05, 0) is 51.3 Å². The second kappa shape index (κ2) is 5.28. The molecule has 0 fully saturated rings. The summed E-state index contributed by atoms with van der Waals surface area (Å²) in [5, 5.41) is 0.285. The number of rotatable bonds is 2. The van der Waals surface area contributed by atoms with E-state index in [9.17, 15) is 4.79 Å². The van der Waals surface area contributed by atoms with Crippen LogP contribution in [0.1, 0.15) is 16.5 Å². The van der Waals surface area contributed by atoms with Crippen LogP contribution < -0.4 is 5.69 Å². The maximum absolute atomic E-state index is 11.3. The Balaban J connectivity index is 2.04. The maximum Gasteiger partial charge on any atom is 0.323 e. The average Bonchev–Trinajstić information content (AvgIpc) is 2.80. The fraction of sp³-hybridized carbons (Fsp3) is 0.0714. The van der Waals surface area contributed by atoms with Crippen LogP contribution in [0.3, 0.4) is 0 Å². The molecule has 2 N–H and O–H groups in total. The van der Waals surface area contributed by atoms with Gasteiger partial charge in [0.05, 0.1) is 21.4 Å². The van der Waals surface area contributed by atoms with E-state index in [-0.39, 0.29) is 11.1 Å². The van der Waals surface area contributed by atoms with E-state index in [0.29, 0.717) is 5.02 Å². The molecule has 0 amide bonds. The van der Waals surface area contributed by atoms with Gasteiger partial charge in [-0.1, -0.05) is 23.7 Å². The lowest BCUT2D eigenvalue weighted by atomic mass is 10.0. The molecule has 0 bridgehead atoms. The highest BCUT2D eigenvalue weighted by atomic mass is 79.9. The Kier molecular flexibility index (Phi) is 3.63. The molecule has 1 heterocycles. The van der Waals surface area contributed by atoms with Gasteiger partial charge in [0.2, 0.25) is 0 Å². The minimum absolute atomic E-state index is 0.227. The molecule has 0 aliphatic heterocycles. The quantitative estimate of drug-likeness (QED) is 0.635. The molecule has 0 spiro atoms. The first-order valence-corrected chi connectivity index (χ1v) is 7.46. The molecule has 3 rings (SSSR count). The third-order valence-electron chi connectivity index (χ3n) is 3.07. The van der Waals surface area contributed by atoms with Crippen molar-refractivity contribution in [1.82, 2.24) is 9.97 Å². The van der Waals surface area contributed by atoms with Gasteiger partial charge in [-0.2, -0.15) is 0 Å². The minimum atomic E-state index is -0.330. The number of aromatic amines is 2. The van der Waals surface area contributed by atoms with E-state index >= 15 is 0 Å². The zero-order valence-corrected chi connectivity index (χ0v) is 13.2. The Bertz CT molecular complexity index is 841. The van der Waals surface area contributed by atoms with Gasteiger partial charge < -0.3 is 9.97 Å². The summed E-state index contributed by atoms with van der Waals surface area (Å²) >= 11 is 15.9. The van der Waals surface area contributed by atoms with Crippen LogP contribution in [0.25, 0.3) is 11.0 Å². The number of benzene rings is 2. The van der Waals surface area contributed by atoms with Crippen LogP contribution in [0.15, 0.2) is 45.7 Å². The molecule has 20 heavy (non-hydrogen) atoms. The fourth-order valence-corrected chi connectivity index (χ4v) is 2.78. The summed E-state index contributed by atoms with van der Waals surface area (Å²) in [6, 6.07) is 11.2. The van der Waals surface area contributed by atoms with E-state index < -0.39 is 0 Å². The predicted molar refractivity (Wildman–Crippen MR) is 85.8 cm³/mol. The Morgan fingerprint density at radius 1 is 1.00 bits per heavy atom. The van der Waals surface area contributed by atoms with Gasteiger partial charge in [-0.25, -0.2) is 4.79 Å². The van der Waals surface area contributed by atoms with Gasteiger partial charge in [-0.3, -0.25) is 0 Å². The lowest BCUT2D eigenvalue weighted by Gasteiger charge is -2.11. The molecular formula is C14H9BrCl2N2O. The highest BCUT2D eigenvalue weighted by molar-refractivity contribution is 9.10. The molecular weight excluding hydrogens is 363 g/mol. The summed E-state index contributed by atoms with van der Waals surface area (Å²) in [5.74, 6) is 0. The minimum Gasteiger partial charge on any atom is -0.306 e. The largest absolute Gasteiger partial charge is 0.323 e. The summed E-state index contributed by atoms with van der Waals surface area (Å²) < 4.78 is 0.831. The van der Waals surface area contributed by atoms with Crippen LogP contribution in [0, 0.1) is 0 Å². The summed E-state index contributed by atoms with van der Waals surface area (Å²) in [5.41, 5.74) is 3.07. The van der Waals surface area contributed by atoms with E-state index in [4.69, 9.17) is 23.2 Å². The van der Waals surface area contributed by atoms with Crippen molar-refractivity contribution >= 4 is 50.2 Å². The summed E-state index contributed by atoms with van der Waals surface area (Å²) in [4.78, 5) is 16.7. The zero-order chi connectivity index (χ0) is 14.3. The van der Waals surface area contributed by atoms with Crippen LogP contribution in [-0.2, 0) is 0 Å². The van der Waals surface area contributed by atoms with E-state index in [1.165, 1.54) is 0 Å². The first-order valence-electron chi connectivity index (χ1n) is 5.85. The molecule has 6 heteroatoms. The third kappa shape index (κ3) is 2.51. The number of H-pyrrole nitrogens is 2. The fourth-order valence-electron chi connectivity index (χ4n) is 2.07. The van der Waals surface area contributed by atoms with Crippen molar-refractivity contribution in [3.63, 3.8) is 0 Å². The van der Waals surface area contributed by atoms with Gasteiger partial charge in [0.15, 0.2) is 0 Å². The van der Waals surface area contributed by atoms with E-state index in [1.807, 2.05) is 36.4 Å². The molecule has 0 aliphatic carbocycles. The monoisotopic (exact) mass is 370 g/mol. The molecule has 0 radical (unpaired) electrons. The first-order chi connectivity index (χ1) is 9.54. The smallest absolute Gasteiger partial charge is 0.306 e. The molecule has 0 saturated carbocycles. The molecule has 0 aliphatic rings. The number of hydrogen-bond acceptors (Lipinski definition) is 1. The topological polar surface area (TPSA) is 48.6 Å². The number of halogens is 3. The maximum atomic E-state index is 11.3. The van der Waals surface area contributed by atoms with E-state index in [2.05, 4.69) is 25.9 Å². The van der Waals surface area contributed by atoms with Crippen molar-refractivity contribution in [3.05, 3.63) is 67.5 Å². The Morgan fingerprint density at radius 3 is 2.40 bits per heavy atom. The second-order valence-corrected chi connectivity index (χ2v) is 6.12. The molecule has 3 nitrogen and oxygen atoms in total. The highest BCUT2D eigenvalue weighted by Gasteiger charge is 2.13. The standard InChI is InChI=1S/C14H9BrCl2N2O/c15-9-3-1-7(5-10(9)16)13(17)8-2-4-11-12(6-8)19-14(20)18-11/h1-6,13H,(H2,18,19,20). The third-order valence-corrected chi connectivity index (χ3v) is 4.81. The van der Waals surface area contributed by atoms with Crippen molar-refractivity contribution in [2.75, 3.05) is 0 Å². The van der Waals surface area contributed by atoms with Crippen LogP contribution in [-0.4, -0.2) is 9.97 Å². The Morgan fingerprint density at radius 2 is 1.65 bits per heavy atom. The number of alkyl halides is 1. The van der Waals surface area contributed by atoms with Crippen LogP contribution in [0.5, 0.6) is 0 Å².